The first-order valence-corrected chi connectivity index (χ1v) is 9.25. The molecule has 0 aliphatic rings. The summed E-state index contributed by atoms with van der Waals surface area (Å²) in [5.41, 5.74) is 1.58. The first-order chi connectivity index (χ1) is 10.8. The molecule has 0 aromatic heterocycles. The second kappa shape index (κ2) is 7.30. The van der Waals surface area contributed by atoms with Crippen LogP contribution in [0.4, 0.5) is 0 Å². The molecule has 24 heavy (non-hydrogen) atoms. The lowest BCUT2D eigenvalue weighted by atomic mass is 9.57. The van der Waals surface area contributed by atoms with Crippen molar-refractivity contribution >= 4 is 0 Å². The zero-order chi connectivity index (χ0) is 18.8. The third-order valence-corrected chi connectivity index (χ3v) is 5.58. The summed E-state index contributed by atoms with van der Waals surface area (Å²) in [4.78, 5) is 0. The maximum absolute atomic E-state index is 9.88. The van der Waals surface area contributed by atoms with Gasteiger partial charge in [0.15, 0.2) is 0 Å². The molecule has 134 valence electrons. The van der Waals surface area contributed by atoms with Crippen LogP contribution in [0.5, 0.6) is 0 Å². The van der Waals surface area contributed by atoms with E-state index in [-0.39, 0.29) is 22.2 Å². The Bertz CT molecular complexity index is 548. The molecule has 1 nitrogen and oxygen atoms in total. The van der Waals surface area contributed by atoms with Crippen LogP contribution < -0.4 is 0 Å². The molecule has 0 fully saturated rings. The molecule has 1 heteroatoms. The SMILES string of the molecule is CC(C(CC(C)(C)C)c1ccccc1)C(C)(C)C(C#N)C(C)(C)C. The van der Waals surface area contributed by atoms with Gasteiger partial charge >= 0.3 is 0 Å². The number of benzene rings is 1. The van der Waals surface area contributed by atoms with Crippen LogP contribution in [0, 0.1) is 39.4 Å². The van der Waals surface area contributed by atoms with Crippen molar-refractivity contribution in [2.45, 2.75) is 74.7 Å². The smallest absolute Gasteiger partial charge is 0.0667 e. The largest absolute Gasteiger partial charge is 0.198 e. The van der Waals surface area contributed by atoms with Gasteiger partial charge in [-0.05, 0) is 40.1 Å². The summed E-state index contributed by atoms with van der Waals surface area (Å²) in [6, 6.07) is 13.5. The second-order valence-corrected chi connectivity index (χ2v) is 10.3. The van der Waals surface area contributed by atoms with Gasteiger partial charge in [0.05, 0.1) is 12.0 Å². The maximum Gasteiger partial charge on any atom is 0.0667 e. The molecule has 0 radical (unpaired) electrons. The van der Waals surface area contributed by atoms with Gasteiger partial charge in [-0.3, -0.25) is 0 Å². The minimum Gasteiger partial charge on any atom is -0.198 e. The molecule has 0 amide bonds. The van der Waals surface area contributed by atoms with Gasteiger partial charge in [-0.1, -0.05) is 92.6 Å². The third kappa shape index (κ3) is 5.10. The second-order valence-electron chi connectivity index (χ2n) is 10.3. The van der Waals surface area contributed by atoms with Crippen molar-refractivity contribution in [3.63, 3.8) is 0 Å². The van der Waals surface area contributed by atoms with Crippen LogP contribution in [0.2, 0.25) is 0 Å². The van der Waals surface area contributed by atoms with E-state index in [4.69, 9.17) is 0 Å². The Balaban J connectivity index is 3.29. The zero-order valence-electron chi connectivity index (χ0n) is 17.3. The van der Waals surface area contributed by atoms with Crippen LogP contribution in [0.15, 0.2) is 30.3 Å². The van der Waals surface area contributed by atoms with Gasteiger partial charge in [0.25, 0.3) is 0 Å². The summed E-state index contributed by atoms with van der Waals surface area (Å²) in [6.07, 6.45) is 1.13. The summed E-state index contributed by atoms with van der Waals surface area (Å²) < 4.78 is 0. The fourth-order valence-electron chi connectivity index (χ4n) is 4.20. The summed E-state index contributed by atoms with van der Waals surface area (Å²) in [7, 11) is 0. The Morgan fingerprint density at radius 2 is 1.42 bits per heavy atom. The standard InChI is InChI=1S/C23H37N/c1-17(23(8,9)20(16-24)22(5,6)7)19(15-21(2,3)4)18-13-11-10-12-14-18/h10-14,17,19-20H,15H2,1-9H3. The van der Waals surface area contributed by atoms with Gasteiger partial charge in [0.2, 0.25) is 0 Å². The highest BCUT2D eigenvalue weighted by atomic mass is 14.5. The lowest BCUT2D eigenvalue weighted by Gasteiger charge is -2.46. The molecule has 1 aromatic carbocycles. The highest BCUT2D eigenvalue weighted by molar-refractivity contribution is 5.22. The van der Waals surface area contributed by atoms with E-state index < -0.39 is 0 Å². The Kier molecular flexibility index (Phi) is 6.31. The molecule has 0 aliphatic carbocycles. The lowest BCUT2D eigenvalue weighted by Crippen LogP contribution is -2.41. The monoisotopic (exact) mass is 327 g/mol. The molecular weight excluding hydrogens is 290 g/mol. The zero-order valence-corrected chi connectivity index (χ0v) is 17.3. The van der Waals surface area contributed by atoms with Gasteiger partial charge in [-0.15, -0.1) is 0 Å². The van der Waals surface area contributed by atoms with Gasteiger partial charge in [-0.2, -0.15) is 5.26 Å². The Labute approximate surface area is 150 Å². The summed E-state index contributed by atoms with van der Waals surface area (Å²) >= 11 is 0. The average molecular weight is 328 g/mol. The molecular formula is C23H37N. The van der Waals surface area contributed by atoms with Crippen LogP contribution in [0.1, 0.15) is 80.2 Å². The van der Waals surface area contributed by atoms with E-state index in [9.17, 15) is 5.26 Å². The number of hydrogen-bond donors (Lipinski definition) is 0. The molecule has 1 aromatic rings. The van der Waals surface area contributed by atoms with Crippen molar-refractivity contribution in [1.82, 2.24) is 0 Å². The minimum absolute atomic E-state index is 0.0184. The molecule has 0 bridgehead atoms. The Hall–Kier alpha value is -1.29. The molecule has 0 aliphatic heterocycles. The highest BCUT2D eigenvalue weighted by Gasteiger charge is 2.45. The summed E-state index contributed by atoms with van der Waals surface area (Å²) in [5.74, 6) is 0.897. The molecule has 0 saturated heterocycles. The third-order valence-electron chi connectivity index (χ3n) is 5.58. The Morgan fingerprint density at radius 3 is 1.79 bits per heavy atom. The predicted molar refractivity (Wildman–Crippen MR) is 105 cm³/mol. The number of nitrogens with zero attached hydrogens (tertiary/aromatic N) is 1. The van der Waals surface area contributed by atoms with Crippen molar-refractivity contribution in [1.29, 1.82) is 5.26 Å². The predicted octanol–water partition coefficient (Wildman–Crippen LogP) is 7.05. The summed E-state index contributed by atoms with van der Waals surface area (Å²) in [6.45, 7) is 20.4. The molecule has 3 unspecified atom stereocenters. The van der Waals surface area contributed by atoms with E-state index in [0.29, 0.717) is 11.8 Å². The quantitative estimate of drug-likeness (QED) is 0.568. The van der Waals surface area contributed by atoms with Crippen molar-refractivity contribution in [3.05, 3.63) is 35.9 Å². The van der Waals surface area contributed by atoms with E-state index in [0.717, 1.165) is 6.42 Å². The first kappa shape index (κ1) is 20.8. The minimum atomic E-state index is -0.0568. The average Bonchev–Trinajstić information content (AvgIpc) is 2.42. The highest BCUT2D eigenvalue weighted by Crippen LogP contribution is 2.51. The van der Waals surface area contributed by atoms with Crippen LogP contribution in [-0.2, 0) is 0 Å². The number of nitriles is 1. The lowest BCUT2D eigenvalue weighted by molar-refractivity contribution is 0.0565. The van der Waals surface area contributed by atoms with E-state index in [1.165, 1.54) is 5.56 Å². The molecule has 0 N–H and O–H groups in total. The van der Waals surface area contributed by atoms with E-state index in [1.54, 1.807) is 0 Å². The van der Waals surface area contributed by atoms with Crippen LogP contribution in [0.25, 0.3) is 0 Å². The van der Waals surface area contributed by atoms with E-state index in [2.05, 4.69) is 98.7 Å². The van der Waals surface area contributed by atoms with Gasteiger partial charge in [-0.25, -0.2) is 0 Å². The van der Waals surface area contributed by atoms with Gasteiger partial charge < -0.3 is 0 Å². The van der Waals surface area contributed by atoms with Crippen molar-refractivity contribution < 1.29 is 0 Å². The van der Waals surface area contributed by atoms with Crippen LogP contribution in [-0.4, -0.2) is 0 Å². The molecule has 0 spiro atoms. The normalized spacial score (nSPS) is 17.0. The van der Waals surface area contributed by atoms with Crippen LogP contribution in [0.3, 0.4) is 0 Å². The van der Waals surface area contributed by atoms with Gasteiger partial charge in [0, 0.05) is 0 Å². The maximum atomic E-state index is 9.88. The number of hydrogen-bond acceptors (Lipinski definition) is 1. The van der Waals surface area contributed by atoms with Crippen molar-refractivity contribution in [2.75, 3.05) is 0 Å². The van der Waals surface area contributed by atoms with Crippen molar-refractivity contribution in [2.24, 2.45) is 28.1 Å². The fraction of sp³-hybridized carbons (Fsp3) is 0.696. The van der Waals surface area contributed by atoms with E-state index in [1.807, 2.05) is 0 Å². The molecule has 0 saturated carbocycles. The molecule has 0 heterocycles. The van der Waals surface area contributed by atoms with Gasteiger partial charge in [0.1, 0.15) is 0 Å². The van der Waals surface area contributed by atoms with E-state index >= 15 is 0 Å². The van der Waals surface area contributed by atoms with Crippen molar-refractivity contribution in [3.8, 4) is 6.07 Å². The summed E-state index contributed by atoms with van der Waals surface area (Å²) in [5, 5.41) is 9.88. The Morgan fingerprint density at radius 1 is 0.917 bits per heavy atom. The molecule has 3 atom stereocenters. The first-order valence-electron chi connectivity index (χ1n) is 9.25. The van der Waals surface area contributed by atoms with Crippen LogP contribution >= 0.6 is 0 Å². The fourth-order valence-corrected chi connectivity index (χ4v) is 4.20. The number of rotatable bonds is 5. The molecule has 1 rings (SSSR count). The topological polar surface area (TPSA) is 23.8 Å².